The minimum absolute atomic E-state index is 0.174. The molecule has 3 aliphatic rings. The molecular formula is C19H26FN3O2. The normalized spacial score (nSPS) is 29.0. The van der Waals surface area contributed by atoms with Crippen molar-refractivity contribution < 1.29 is 14.4 Å². The molecular weight excluding hydrogens is 321 g/mol. The van der Waals surface area contributed by atoms with Crippen LogP contribution in [-0.2, 0) is 13.0 Å². The lowest BCUT2D eigenvalue weighted by Crippen LogP contribution is -2.56. The van der Waals surface area contributed by atoms with Crippen LogP contribution in [-0.4, -0.2) is 40.7 Å². The summed E-state index contributed by atoms with van der Waals surface area (Å²) in [5, 5.41) is 12.5. The van der Waals surface area contributed by atoms with E-state index in [1.807, 2.05) is 0 Å². The first-order chi connectivity index (χ1) is 12.0. The number of hydroxylamine groups is 1. The van der Waals surface area contributed by atoms with E-state index < -0.39 is 5.91 Å². The number of nitrogens with zero attached hydrogens (tertiary/aromatic N) is 1. The van der Waals surface area contributed by atoms with E-state index >= 15 is 0 Å². The van der Waals surface area contributed by atoms with Crippen molar-refractivity contribution in [1.82, 2.24) is 15.7 Å². The fourth-order valence-corrected chi connectivity index (χ4v) is 4.57. The molecule has 4 rings (SSSR count). The van der Waals surface area contributed by atoms with Gasteiger partial charge in [0.05, 0.1) is 0 Å². The van der Waals surface area contributed by atoms with E-state index in [4.69, 9.17) is 5.21 Å². The molecule has 5 nitrogen and oxygen atoms in total. The monoisotopic (exact) mass is 347 g/mol. The smallest absolute Gasteiger partial charge is 0.274 e. The number of benzene rings is 1. The van der Waals surface area contributed by atoms with Gasteiger partial charge in [0.15, 0.2) is 0 Å². The summed E-state index contributed by atoms with van der Waals surface area (Å²) in [7, 11) is 0. The summed E-state index contributed by atoms with van der Waals surface area (Å²) in [6, 6.07) is 3.65. The fourth-order valence-electron chi connectivity index (χ4n) is 4.57. The van der Waals surface area contributed by atoms with Gasteiger partial charge in [0.2, 0.25) is 0 Å². The highest BCUT2D eigenvalue weighted by Gasteiger charge is 2.43. The number of hydrogen-bond acceptors (Lipinski definition) is 4. The van der Waals surface area contributed by atoms with Crippen molar-refractivity contribution in [2.45, 2.75) is 57.2 Å². The quantitative estimate of drug-likeness (QED) is 0.565. The van der Waals surface area contributed by atoms with Crippen molar-refractivity contribution in [2.75, 3.05) is 13.1 Å². The Kier molecular flexibility index (Phi) is 4.30. The van der Waals surface area contributed by atoms with E-state index in [0.29, 0.717) is 23.6 Å². The lowest BCUT2D eigenvalue weighted by molar-refractivity contribution is 0.0704. The number of hydrogen-bond donors (Lipinski definition) is 3. The van der Waals surface area contributed by atoms with Crippen molar-refractivity contribution in [3.05, 3.63) is 34.6 Å². The predicted octanol–water partition coefficient (Wildman–Crippen LogP) is 2.22. The SMILES string of the molecule is CC1(NC2CC2)CC(CN2CCc3cc(C(=O)NO)cc(F)c3C2)C1. The molecule has 3 N–H and O–H groups in total. The molecule has 1 aromatic carbocycles. The van der Waals surface area contributed by atoms with Crippen molar-refractivity contribution in [1.29, 1.82) is 0 Å². The van der Waals surface area contributed by atoms with Gasteiger partial charge in [-0.3, -0.25) is 14.9 Å². The van der Waals surface area contributed by atoms with Gasteiger partial charge in [-0.25, -0.2) is 9.87 Å². The number of amides is 1. The largest absolute Gasteiger partial charge is 0.309 e. The van der Waals surface area contributed by atoms with Gasteiger partial charge in [0, 0.05) is 42.3 Å². The van der Waals surface area contributed by atoms with Crippen LogP contribution >= 0.6 is 0 Å². The Labute approximate surface area is 147 Å². The molecule has 0 saturated heterocycles. The molecule has 1 heterocycles. The van der Waals surface area contributed by atoms with Gasteiger partial charge in [-0.05, 0) is 62.6 Å². The molecule has 136 valence electrons. The number of carbonyl (C=O) groups is 1. The highest BCUT2D eigenvalue weighted by atomic mass is 19.1. The van der Waals surface area contributed by atoms with Gasteiger partial charge in [0.25, 0.3) is 5.91 Å². The Morgan fingerprint density at radius 1 is 1.40 bits per heavy atom. The van der Waals surface area contributed by atoms with Crippen LogP contribution in [0, 0.1) is 11.7 Å². The molecule has 2 aliphatic carbocycles. The molecule has 1 amide bonds. The second kappa shape index (κ2) is 6.34. The highest BCUT2D eigenvalue weighted by Crippen LogP contribution is 2.41. The van der Waals surface area contributed by atoms with Gasteiger partial charge in [0.1, 0.15) is 5.82 Å². The van der Waals surface area contributed by atoms with E-state index in [2.05, 4.69) is 17.1 Å². The van der Waals surface area contributed by atoms with Crippen LogP contribution in [0.5, 0.6) is 0 Å². The van der Waals surface area contributed by atoms with Crippen LogP contribution in [0.1, 0.15) is 54.1 Å². The summed E-state index contributed by atoms with van der Waals surface area (Å²) >= 11 is 0. The Morgan fingerprint density at radius 2 is 2.16 bits per heavy atom. The first-order valence-electron chi connectivity index (χ1n) is 9.21. The van der Waals surface area contributed by atoms with Crippen LogP contribution in [0.15, 0.2) is 12.1 Å². The van der Waals surface area contributed by atoms with E-state index in [1.165, 1.54) is 31.7 Å². The second-order valence-corrected chi connectivity index (χ2v) is 8.28. The van der Waals surface area contributed by atoms with Gasteiger partial charge < -0.3 is 5.32 Å². The standard InChI is InChI=1S/C19H26FN3O2/c1-19(21-15-2-3-15)8-12(9-19)10-23-5-4-13-6-14(18(24)22-25)7-17(20)16(13)11-23/h6-7,12,15,21,25H,2-5,8-11H2,1H3,(H,22,24). The molecule has 0 radical (unpaired) electrons. The van der Waals surface area contributed by atoms with E-state index in [1.54, 1.807) is 11.5 Å². The average molecular weight is 347 g/mol. The Balaban J connectivity index is 1.36. The number of nitrogens with one attached hydrogen (secondary N) is 2. The fraction of sp³-hybridized carbons (Fsp3) is 0.632. The Morgan fingerprint density at radius 3 is 2.84 bits per heavy atom. The number of rotatable bonds is 5. The third kappa shape index (κ3) is 3.57. The summed E-state index contributed by atoms with van der Waals surface area (Å²) in [6.07, 6.45) is 5.77. The van der Waals surface area contributed by atoms with Crippen molar-refractivity contribution in [3.8, 4) is 0 Å². The first kappa shape index (κ1) is 16.9. The van der Waals surface area contributed by atoms with E-state index in [9.17, 15) is 9.18 Å². The minimum atomic E-state index is -0.666. The lowest BCUT2D eigenvalue weighted by atomic mass is 9.69. The van der Waals surface area contributed by atoms with Gasteiger partial charge in [-0.15, -0.1) is 0 Å². The van der Waals surface area contributed by atoms with E-state index in [0.717, 1.165) is 31.1 Å². The molecule has 2 saturated carbocycles. The maximum atomic E-state index is 14.4. The van der Waals surface area contributed by atoms with Crippen LogP contribution in [0.4, 0.5) is 4.39 Å². The van der Waals surface area contributed by atoms with Gasteiger partial charge >= 0.3 is 0 Å². The third-order valence-corrected chi connectivity index (χ3v) is 5.86. The molecule has 25 heavy (non-hydrogen) atoms. The zero-order valence-electron chi connectivity index (χ0n) is 14.6. The third-order valence-electron chi connectivity index (χ3n) is 5.86. The second-order valence-electron chi connectivity index (χ2n) is 8.28. The van der Waals surface area contributed by atoms with E-state index in [-0.39, 0.29) is 11.4 Å². The zero-order chi connectivity index (χ0) is 17.6. The number of fused-ring (bicyclic) bond motifs is 1. The first-order valence-corrected chi connectivity index (χ1v) is 9.21. The van der Waals surface area contributed by atoms with Gasteiger partial charge in [-0.2, -0.15) is 0 Å². The molecule has 0 atom stereocenters. The molecule has 2 fully saturated rings. The summed E-state index contributed by atoms with van der Waals surface area (Å²) in [5.41, 5.74) is 3.62. The van der Waals surface area contributed by atoms with Crippen molar-refractivity contribution in [3.63, 3.8) is 0 Å². The Bertz CT molecular complexity index is 683. The number of carbonyl (C=O) groups excluding carboxylic acids is 1. The molecule has 0 bridgehead atoms. The average Bonchev–Trinajstić information content (AvgIpc) is 3.36. The molecule has 1 aliphatic heterocycles. The molecule has 1 aromatic rings. The maximum absolute atomic E-state index is 14.4. The summed E-state index contributed by atoms with van der Waals surface area (Å²) in [6.45, 7) is 4.83. The molecule has 0 unspecified atom stereocenters. The summed E-state index contributed by atoms with van der Waals surface area (Å²) in [4.78, 5) is 13.8. The topological polar surface area (TPSA) is 64.6 Å². The van der Waals surface area contributed by atoms with Gasteiger partial charge in [-0.1, -0.05) is 0 Å². The molecule has 0 spiro atoms. The van der Waals surface area contributed by atoms with Crippen LogP contribution < -0.4 is 10.8 Å². The number of halogens is 1. The highest BCUT2D eigenvalue weighted by molar-refractivity contribution is 5.93. The van der Waals surface area contributed by atoms with Crippen LogP contribution in [0.2, 0.25) is 0 Å². The van der Waals surface area contributed by atoms with Crippen LogP contribution in [0.3, 0.4) is 0 Å². The zero-order valence-corrected chi connectivity index (χ0v) is 14.6. The molecule has 0 aromatic heterocycles. The lowest BCUT2D eigenvalue weighted by Gasteiger charge is -2.48. The molecule has 6 heteroatoms. The van der Waals surface area contributed by atoms with Crippen LogP contribution in [0.25, 0.3) is 0 Å². The summed E-state index contributed by atoms with van der Waals surface area (Å²) in [5.74, 6) is -0.337. The maximum Gasteiger partial charge on any atom is 0.274 e. The predicted molar refractivity (Wildman–Crippen MR) is 91.9 cm³/mol. The minimum Gasteiger partial charge on any atom is -0.309 e. The van der Waals surface area contributed by atoms with Crippen molar-refractivity contribution >= 4 is 5.91 Å². The Hall–Kier alpha value is -1.50. The van der Waals surface area contributed by atoms with Crippen molar-refractivity contribution in [2.24, 2.45) is 5.92 Å². The summed E-state index contributed by atoms with van der Waals surface area (Å²) < 4.78 is 14.4.